The van der Waals surface area contributed by atoms with Crippen molar-refractivity contribution in [2.24, 2.45) is 0 Å². The molecule has 37 heavy (non-hydrogen) atoms. The predicted molar refractivity (Wildman–Crippen MR) is 150 cm³/mol. The Hall–Kier alpha value is -2.33. The fourth-order valence-corrected chi connectivity index (χ4v) is 4.82. The lowest BCUT2D eigenvalue weighted by Gasteiger charge is -2.30. The molecule has 4 heterocycles. The molecule has 0 saturated carbocycles. The number of nitrogens with one attached hydrogen (secondary N) is 1. The van der Waals surface area contributed by atoms with E-state index >= 15 is 0 Å². The second-order valence-corrected chi connectivity index (χ2v) is 9.96. The Morgan fingerprint density at radius 2 is 1.03 bits per heavy atom. The van der Waals surface area contributed by atoms with Gasteiger partial charge in [0.25, 0.3) is 0 Å². The van der Waals surface area contributed by atoms with E-state index in [0.717, 1.165) is 79.2 Å². The van der Waals surface area contributed by atoms with Gasteiger partial charge < -0.3 is 20.4 Å². The molecule has 0 radical (unpaired) electrons. The van der Waals surface area contributed by atoms with Crippen molar-refractivity contribution in [1.82, 2.24) is 25.7 Å². The van der Waals surface area contributed by atoms with Crippen LogP contribution in [0.5, 0.6) is 0 Å². The van der Waals surface area contributed by atoms with Crippen LogP contribution in [0.25, 0.3) is 21.5 Å². The Kier molecular flexibility index (Phi) is 10.1. The molecule has 2 aromatic heterocycles. The molecule has 0 aliphatic carbocycles. The van der Waals surface area contributed by atoms with Gasteiger partial charge in [0.15, 0.2) is 21.3 Å². The number of rotatable bonds is 1. The Balaban J connectivity index is 0.000000144. The summed E-state index contributed by atoms with van der Waals surface area (Å²) in [4.78, 5) is 2.17. The third kappa shape index (κ3) is 7.37. The average Bonchev–Trinajstić information content (AvgIpc) is 2.93. The molecule has 0 unspecified atom stereocenters. The van der Waals surface area contributed by atoms with Gasteiger partial charge >= 0.3 is 0 Å². The number of nitrogens with zero attached hydrogens (tertiary/aromatic N) is 5. The van der Waals surface area contributed by atoms with Gasteiger partial charge in [-0.1, -0.05) is 83.3 Å². The van der Waals surface area contributed by atoms with Crippen molar-refractivity contribution < 1.29 is 10.2 Å². The molecule has 0 spiro atoms. The van der Waals surface area contributed by atoms with Gasteiger partial charge in [-0.05, 0) is 38.8 Å². The van der Waals surface area contributed by atoms with E-state index in [1.165, 1.54) is 0 Å². The lowest BCUT2D eigenvalue weighted by molar-refractivity contribution is 0.137. The molecule has 3 N–H and O–H groups in total. The van der Waals surface area contributed by atoms with Crippen LogP contribution in [-0.4, -0.2) is 69.0 Å². The number of aliphatic hydroxyl groups excluding tert-OH is 2. The zero-order valence-electron chi connectivity index (χ0n) is 20.2. The van der Waals surface area contributed by atoms with Gasteiger partial charge in [0.05, 0.1) is 12.2 Å². The van der Waals surface area contributed by atoms with Gasteiger partial charge in [-0.25, -0.2) is 0 Å². The first-order valence-corrected chi connectivity index (χ1v) is 13.4. The molecule has 6 rings (SSSR count). The van der Waals surface area contributed by atoms with E-state index < -0.39 is 0 Å². The van der Waals surface area contributed by atoms with Crippen molar-refractivity contribution in [3.05, 3.63) is 64.0 Å². The van der Waals surface area contributed by atoms with Crippen LogP contribution >= 0.6 is 34.8 Å². The first kappa shape index (κ1) is 27.7. The molecule has 0 amide bonds. The van der Waals surface area contributed by atoms with E-state index in [0.29, 0.717) is 15.5 Å². The molecular weight excluding hydrogens is 535 g/mol. The van der Waals surface area contributed by atoms with E-state index in [1.54, 1.807) is 0 Å². The van der Waals surface area contributed by atoms with E-state index in [4.69, 9.17) is 39.9 Å². The lowest BCUT2D eigenvalue weighted by atomic mass is 10.1. The molecule has 2 aliphatic rings. The van der Waals surface area contributed by atoms with Crippen molar-refractivity contribution in [2.75, 3.05) is 31.1 Å². The Bertz CT molecular complexity index is 1270. The fraction of sp³-hybridized carbons (Fsp3) is 0.385. The molecule has 11 heteroatoms. The number of aromatic nitrogens is 4. The smallest absolute Gasteiger partial charge is 0.159 e. The molecule has 2 aliphatic heterocycles. The van der Waals surface area contributed by atoms with Crippen LogP contribution in [0.2, 0.25) is 15.5 Å². The average molecular weight is 564 g/mol. The van der Waals surface area contributed by atoms with Crippen LogP contribution in [0.1, 0.15) is 25.7 Å². The molecule has 2 aromatic carbocycles. The molecule has 196 valence electrons. The monoisotopic (exact) mass is 562 g/mol. The molecule has 2 fully saturated rings. The van der Waals surface area contributed by atoms with Crippen LogP contribution in [-0.2, 0) is 0 Å². The summed E-state index contributed by atoms with van der Waals surface area (Å²) in [5.41, 5.74) is 0. The highest BCUT2D eigenvalue weighted by atomic mass is 35.5. The van der Waals surface area contributed by atoms with E-state index in [1.807, 2.05) is 48.5 Å². The Morgan fingerprint density at radius 3 is 1.49 bits per heavy atom. The number of hydrogen-bond donors (Lipinski definition) is 3. The topological polar surface area (TPSA) is 107 Å². The third-order valence-electron chi connectivity index (χ3n) is 6.29. The number of benzene rings is 2. The molecule has 2 saturated heterocycles. The van der Waals surface area contributed by atoms with Crippen LogP contribution < -0.4 is 10.2 Å². The van der Waals surface area contributed by atoms with E-state index in [2.05, 4.69) is 30.6 Å². The van der Waals surface area contributed by atoms with Gasteiger partial charge in [0.2, 0.25) is 0 Å². The van der Waals surface area contributed by atoms with Gasteiger partial charge in [-0.15, -0.1) is 20.4 Å². The summed E-state index contributed by atoms with van der Waals surface area (Å²) < 4.78 is 0. The normalized spacial score (nSPS) is 16.6. The van der Waals surface area contributed by atoms with Crippen LogP contribution in [0.4, 0.5) is 5.82 Å². The Labute approximate surface area is 230 Å². The maximum Gasteiger partial charge on any atom is 0.159 e. The second kappa shape index (κ2) is 13.5. The van der Waals surface area contributed by atoms with Crippen molar-refractivity contribution in [1.29, 1.82) is 0 Å². The number of halogens is 3. The highest BCUT2D eigenvalue weighted by Crippen LogP contribution is 2.29. The minimum Gasteiger partial charge on any atom is -0.393 e. The third-order valence-corrected chi connectivity index (χ3v) is 7.13. The summed E-state index contributed by atoms with van der Waals surface area (Å²) in [6.45, 7) is 3.59. The summed E-state index contributed by atoms with van der Waals surface area (Å²) in [7, 11) is 0. The number of piperidine rings is 2. The van der Waals surface area contributed by atoms with Gasteiger partial charge in [-0.3, -0.25) is 0 Å². The predicted octanol–water partition coefficient (Wildman–Crippen LogP) is 4.91. The number of hydrogen-bond acceptors (Lipinski definition) is 8. The summed E-state index contributed by atoms with van der Waals surface area (Å²) in [6, 6.07) is 15.4. The molecule has 4 aromatic rings. The van der Waals surface area contributed by atoms with E-state index in [9.17, 15) is 5.11 Å². The maximum atomic E-state index is 9.55. The summed E-state index contributed by atoms with van der Waals surface area (Å²) in [5, 5.41) is 42.0. The SMILES string of the molecule is Clc1nnc(Cl)c2ccccc12.OC1CCN(c2nnc(Cl)c3ccccc23)CC1.OC1CCNCC1. The van der Waals surface area contributed by atoms with Crippen LogP contribution in [0, 0.1) is 0 Å². The number of anilines is 1. The summed E-state index contributed by atoms with van der Waals surface area (Å²) in [5.74, 6) is 0.863. The Morgan fingerprint density at radius 1 is 0.622 bits per heavy atom. The van der Waals surface area contributed by atoms with Crippen molar-refractivity contribution in [3.63, 3.8) is 0 Å². The maximum absolute atomic E-state index is 9.55. The van der Waals surface area contributed by atoms with Crippen molar-refractivity contribution in [2.45, 2.75) is 37.9 Å². The first-order chi connectivity index (χ1) is 17.9. The largest absolute Gasteiger partial charge is 0.393 e. The molecule has 0 atom stereocenters. The minimum atomic E-state index is -0.187. The highest BCUT2D eigenvalue weighted by molar-refractivity contribution is 6.38. The lowest BCUT2D eigenvalue weighted by Crippen LogP contribution is -2.36. The van der Waals surface area contributed by atoms with Crippen LogP contribution in [0.3, 0.4) is 0 Å². The first-order valence-electron chi connectivity index (χ1n) is 12.2. The van der Waals surface area contributed by atoms with E-state index in [-0.39, 0.29) is 12.2 Å². The highest BCUT2D eigenvalue weighted by Gasteiger charge is 2.20. The number of aliphatic hydroxyl groups is 2. The van der Waals surface area contributed by atoms with Gasteiger partial charge in [0, 0.05) is 34.6 Å². The number of fused-ring (bicyclic) bond motifs is 2. The molecule has 0 bridgehead atoms. The van der Waals surface area contributed by atoms with Crippen molar-refractivity contribution >= 4 is 62.2 Å². The van der Waals surface area contributed by atoms with Crippen molar-refractivity contribution in [3.8, 4) is 0 Å². The molecule has 8 nitrogen and oxygen atoms in total. The quantitative estimate of drug-likeness (QED) is 0.300. The second-order valence-electron chi connectivity index (χ2n) is 8.89. The van der Waals surface area contributed by atoms with Gasteiger partial charge in [-0.2, -0.15) is 0 Å². The zero-order chi connectivity index (χ0) is 26.2. The fourth-order valence-electron chi connectivity index (χ4n) is 4.21. The summed E-state index contributed by atoms with van der Waals surface area (Å²) in [6.07, 6.45) is 3.20. The standard InChI is InChI=1S/C13H14ClN3O.C8H4Cl2N2.C5H11NO/c14-12-10-3-1-2-4-11(10)13(16-15-12)17-7-5-9(18)6-8-17;9-7-5-3-1-2-4-6(5)8(10)12-11-7;7-5-1-3-6-4-2-5/h1-4,9,18H,5-8H2;1-4H;5-7H,1-4H2. The van der Waals surface area contributed by atoms with Crippen LogP contribution in [0.15, 0.2) is 48.5 Å². The molecular formula is C26H29Cl3N6O2. The zero-order valence-corrected chi connectivity index (χ0v) is 22.5. The van der Waals surface area contributed by atoms with Gasteiger partial charge in [0.1, 0.15) is 0 Å². The summed E-state index contributed by atoms with van der Waals surface area (Å²) >= 11 is 17.7. The minimum absolute atomic E-state index is 0.0266.